The van der Waals surface area contributed by atoms with Crippen LogP contribution in [-0.4, -0.2) is 11.1 Å². The number of hydrogen-bond acceptors (Lipinski definition) is 1. The van der Waals surface area contributed by atoms with Crippen LogP contribution in [0.1, 0.15) is 47.0 Å². The second-order valence-corrected chi connectivity index (χ2v) is 4.85. The SMILES string of the molecule is C=C(C(=O)O)C(C)CC(C)(C)CCC. The Morgan fingerprint density at radius 3 is 2.36 bits per heavy atom. The van der Waals surface area contributed by atoms with E-state index in [-0.39, 0.29) is 11.3 Å². The lowest BCUT2D eigenvalue weighted by Gasteiger charge is -2.27. The highest BCUT2D eigenvalue weighted by atomic mass is 16.4. The summed E-state index contributed by atoms with van der Waals surface area (Å²) in [6.07, 6.45) is 3.16. The maximum atomic E-state index is 10.7. The maximum absolute atomic E-state index is 10.7. The van der Waals surface area contributed by atoms with Gasteiger partial charge in [-0.05, 0) is 24.2 Å². The van der Waals surface area contributed by atoms with Crippen LogP contribution < -0.4 is 0 Å². The van der Waals surface area contributed by atoms with Gasteiger partial charge in [-0.2, -0.15) is 0 Å². The summed E-state index contributed by atoms with van der Waals surface area (Å²) >= 11 is 0. The summed E-state index contributed by atoms with van der Waals surface area (Å²) in [5, 5.41) is 8.78. The fraction of sp³-hybridized carbons (Fsp3) is 0.750. The van der Waals surface area contributed by atoms with Gasteiger partial charge < -0.3 is 5.11 Å². The molecule has 0 fully saturated rings. The number of hydrogen-bond donors (Lipinski definition) is 1. The largest absolute Gasteiger partial charge is 0.478 e. The van der Waals surface area contributed by atoms with E-state index in [2.05, 4.69) is 27.4 Å². The van der Waals surface area contributed by atoms with Gasteiger partial charge in [0.25, 0.3) is 0 Å². The van der Waals surface area contributed by atoms with E-state index in [1.54, 1.807) is 0 Å². The summed E-state index contributed by atoms with van der Waals surface area (Å²) in [6.45, 7) is 12.1. The zero-order valence-electron chi connectivity index (χ0n) is 9.76. The standard InChI is InChI=1S/C12H22O2/c1-6-7-12(4,5)8-9(2)10(3)11(13)14/h9H,3,6-8H2,1-2,4-5H3,(H,13,14). The minimum Gasteiger partial charge on any atom is -0.478 e. The Kier molecular flexibility index (Phi) is 4.89. The molecule has 0 amide bonds. The van der Waals surface area contributed by atoms with Gasteiger partial charge in [0.2, 0.25) is 0 Å². The van der Waals surface area contributed by atoms with E-state index >= 15 is 0 Å². The topological polar surface area (TPSA) is 37.3 Å². The van der Waals surface area contributed by atoms with Crippen molar-refractivity contribution in [3.05, 3.63) is 12.2 Å². The van der Waals surface area contributed by atoms with Crippen LogP contribution in [0, 0.1) is 11.3 Å². The molecule has 0 rings (SSSR count). The van der Waals surface area contributed by atoms with E-state index in [0.29, 0.717) is 5.57 Å². The average molecular weight is 198 g/mol. The molecule has 0 aromatic heterocycles. The molecule has 14 heavy (non-hydrogen) atoms. The molecule has 82 valence electrons. The van der Waals surface area contributed by atoms with Crippen molar-refractivity contribution in [3.63, 3.8) is 0 Å². The summed E-state index contributed by atoms with van der Waals surface area (Å²) in [6, 6.07) is 0. The van der Waals surface area contributed by atoms with Gasteiger partial charge in [0.05, 0.1) is 0 Å². The van der Waals surface area contributed by atoms with Crippen molar-refractivity contribution in [3.8, 4) is 0 Å². The lowest BCUT2D eigenvalue weighted by atomic mass is 9.78. The highest BCUT2D eigenvalue weighted by molar-refractivity contribution is 5.86. The molecule has 0 aliphatic heterocycles. The van der Waals surface area contributed by atoms with Crippen LogP contribution in [0.5, 0.6) is 0 Å². The minimum atomic E-state index is -0.871. The molecule has 1 atom stereocenters. The molecule has 1 N–H and O–H groups in total. The molecule has 0 spiro atoms. The first kappa shape index (κ1) is 13.2. The van der Waals surface area contributed by atoms with E-state index < -0.39 is 5.97 Å². The zero-order valence-corrected chi connectivity index (χ0v) is 9.76. The summed E-state index contributed by atoms with van der Waals surface area (Å²) in [7, 11) is 0. The van der Waals surface area contributed by atoms with Gasteiger partial charge in [0.15, 0.2) is 0 Å². The predicted octanol–water partition coefficient (Wildman–Crippen LogP) is 3.48. The first-order valence-corrected chi connectivity index (χ1v) is 5.22. The number of rotatable bonds is 6. The van der Waals surface area contributed by atoms with Gasteiger partial charge in [-0.25, -0.2) is 4.79 Å². The number of carbonyl (C=O) groups is 1. The van der Waals surface area contributed by atoms with Crippen molar-refractivity contribution in [1.82, 2.24) is 0 Å². The normalized spacial score (nSPS) is 13.7. The first-order chi connectivity index (χ1) is 6.30. The smallest absolute Gasteiger partial charge is 0.331 e. The second kappa shape index (κ2) is 5.18. The molecular formula is C12H22O2. The molecule has 2 nitrogen and oxygen atoms in total. The molecule has 0 heterocycles. The number of carboxylic acid groups (broad SMARTS) is 1. The molecule has 0 aromatic carbocycles. The quantitative estimate of drug-likeness (QED) is 0.663. The Labute approximate surface area is 87.0 Å². The van der Waals surface area contributed by atoms with Crippen LogP contribution in [0.2, 0.25) is 0 Å². The maximum Gasteiger partial charge on any atom is 0.331 e. The fourth-order valence-electron chi connectivity index (χ4n) is 1.94. The van der Waals surface area contributed by atoms with Crippen molar-refractivity contribution >= 4 is 5.97 Å². The molecule has 1 unspecified atom stereocenters. The summed E-state index contributed by atoms with van der Waals surface area (Å²) < 4.78 is 0. The second-order valence-electron chi connectivity index (χ2n) is 4.85. The van der Waals surface area contributed by atoms with Crippen LogP contribution >= 0.6 is 0 Å². The minimum absolute atomic E-state index is 0.0639. The Morgan fingerprint density at radius 1 is 1.50 bits per heavy atom. The van der Waals surface area contributed by atoms with Crippen molar-refractivity contribution in [2.24, 2.45) is 11.3 Å². The predicted molar refractivity (Wildman–Crippen MR) is 59.2 cm³/mol. The van der Waals surface area contributed by atoms with Crippen LogP contribution in [0.4, 0.5) is 0 Å². The Balaban J connectivity index is 4.23. The average Bonchev–Trinajstić information content (AvgIpc) is 2.01. The van der Waals surface area contributed by atoms with Crippen molar-refractivity contribution in [2.75, 3.05) is 0 Å². The number of aliphatic carboxylic acids is 1. The van der Waals surface area contributed by atoms with Gasteiger partial charge in [0, 0.05) is 5.57 Å². The summed E-state index contributed by atoms with van der Waals surface area (Å²) in [5.74, 6) is -0.807. The lowest BCUT2D eigenvalue weighted by Crippen LogP contribution is -2.19. The molecule has 0 radical (unpaired) electrons. The van der Waals surface area contributed by atoms with Gasteiger partial charge in [-0.1, -0.05) is 40.7 Å². The Morgan fingerprint density at radius 2 is 2.00 bits per heavy atom. The van der Waals surface area contributed by atoms with Crippen molar-refractivity contribution in [2.45, 2.75) is 47.0 Å². The molecule has 0 bridgehead atoms. The van der Waals surface area contributed by atoms with E-state index in [9.17, 15) is 4.79 Å². The molecule has 0 aliphatic rings. The highest BCUT2D eigenvalue weighted by Crippen LogP contribution is 2.32. The number of carboxylic acids is 1. The summed E-state index contributed by atoms with van der Waals surface area (Å²) in [4.78, 5) is 10.7. The van der Waals surface area contributed by atoms with Gasteiger partial charge in [-0.15, -0.1) is 0 Å². The highest BCUT2D eigenvalue weighted by Gasteiger charge is 2.23. The molecule has 0 saturated carbocycles. The van der Waals surface area contributed by atoms with Crippen LogP contribution in [-0.2, 0) is 4.79 Å². The van der Waals surface area contributed by atoms with E-state index in [0.717, 1.165) is 19.3 Å². The van der Waals surface area contributed by atoms with Crippen molar-refractivity contribution in [1.29, 1.82) is 0 Å². The third-order valence-electron chi connectivity index (χ3n) is 2.66. The third-order valence-corrected chi connectivity index (χ3v) is 2.66. The fourth-order valence-corrected chi connectivity index (χ4v) is 1.94. The van der Waals surface area contributed by atoms with E-state index in [4.69, 9.17) is 5.11 Å². The first-order valence-electron chi connectivity index (χ1n) is 5.22. The van der Waals surface area contributed by atoms with Crippen LogP contribution in [0.25, 0.3) is 0 Å². The van der Waals surface area contributed by atoms with Crippen molar-refractivity contribution < 1.29 is 9.90 Å². The van der Waals surface area contributed by atoms with Gasteiger partial charge in [0.1, 0.15) is 0 Å². The van der Waals surface area contributed by atoms with E-state index in [1.807, 2.05) is 6.92 Å². The molecule has 0 aliphatic carbocycles. The third kappa shape index (κ3) is 4.45. The molecule has 0 aromatic rings. The Hall–Kier alpha value is -0.790. The van der Waals surface area contributed by atoms with Crippen LogP contribution in [0.15, 0.2) is 12.2 Å². The molecule has 2 heteroatoms. The van der Waals surface area contributed by atoms with Gasteiger partial charge in [-0.3, -0.25) is 0 Å². The van der Waals surface area contributed by atoms with E-state index in [1.165, 1.54) is 0 Å². The summed E-state index contributed by atoms with van der Waals surface area (Å²) in [5.41, 5.74) is 0.543. The van der Waals surface area contributed by atoms with Crippen LogP contribution in [0.3, 0.4) is 0 Å². The molecular weight excluding hydrogens is 176 g/mol. The molecule has 0 saturated heterocycles. The zero-order chi connectivity index (χ0) is 11.4. The monoisotopic (exact) mass is 198 g/mol. The van der Waals surface area contributed by atoms with Gasteiger partial charge >= 0.3 is 5.97 Å². The Bertz CT molecular complexity index is 216. The lowest BCUT2D eigenvalue weighted by molar-refractivity contribution is -0.133.